The van der Waals surface area contributed by atoms with Gasteiger partial charge in [0, 0.05) is 24.3 Å². The number of hydrogen-bond acceptors (Lipinski definition) is 2. The fraction of sp³-hybridized carbons (Fsp3) is 0.600. The molecular formula is C15H26N2. The van der Waals surface area contributed by atoms with Gasteiger partial charge >= 0.3 is 0 Å². The molecule has 0 saturated heterocycles. The summed E-state index contributed by atoms with van der Waals surface area (Å²) in [7, 11) is 0. The van der Waals surface area contributed by atoms with Crippen molar-refractivity contribution in [2.75, 3.05) is 11.4 Å². The fourth-order valence-corrected chi connectivity index (χ4v) is 2.28. The Morgan fingerprint density at radius 1 is 1.24 bits per heavy atom. The van der Waals surface area contributed by atoms with Gasteiger partial charge in [0.25, 0.3) is 0 Å². The summed E-state index contributed by atoms with van der Waals surface area (Å²) in [5, 5.41) is 0. The molecule has 1 unspecified atom stereocenters. The van der Waals surface area contributed by atoms with Crippen LogP contribution in [0.5, 0.6) is 0 Å². The maximum absolute atomic E-state index is 5.86. The van der Waals surface area contributed by atoms with Crippen molar-refractivity contribution in [1.82, 2.24) is 0 Å². The average molecular weight is 234 g/mol. The van der Waals surface area contributed by atoms with Crippen LogP contribution >= 0.6 is 0 Å². The van der Waals surface area contributed by atoms with Crippen molar-refractivity contribution in [3.05, 3.63) is 29.3 Å². The molecule has 0 aliphatic carbocycles. The Hall–Kier alpha value is -1.02. The van der Waals surface area contributed by atoms with E-state index in [0.717, 1.165) is 13.0 Å². The minimum Gasteiger partial charge on any atom is -0.369 e. The maximum Gasteiger partial charge on any atom is 0.0371 e. The van der Waals surface area contributed by atoms with E-state index >= 15 is 0 Å². The predicted molar refractivity (Wildman–Crippen MR) is 76.7 cm³/mol. The molecule has 1 aromatic rings. The van der Waals surface area contributed by atoms with E-state index in [0.29, 0.717) is 6.04 Å². The Morgan fingerprint density at radius 3 is 2.29 bits per heavy atom. The van der Waals surface area contributed by atoms with Crippen LogP contribution in [0.2, 0.25) is 0 Å². The predicted octanol–water partition coefficient (Wildman–Crippen LogP) is 3.12. The molecule has 0 aliphatic heterocycles. The van der Waals surface area contributed by atoms with Crippen molar-refractivity contribution >= 4 is 5.69 Å². The molecule has 0 amide bonds. The molecule has 17 heavy (non-hydrogen) atoms. The minimum atomic E-state index is 0.229. The van der Waals surface area contributed by atoms with Crippen molar-refractivity contribution in [2.24, 2.45) is 5.73 Å². The number of benzene rings is 1. The van der Waals surface area contributed by atoms with Crippen LogP contribution < -0.4 is 10.6 Å². The molecule has 0 bridgehead atoms. The van der Waals surface area contributed by atoms with Gasteiger partial charge in [-0.1, -0.05) is 6.07 Å². The lowest BCUT2D eigenvalue weighted by molar-refractivity contribution is 0.701. The van der Waals surface area contributed by atoms with Crippen molar-refractivity contribution < 1.29 is 0 Å². The zero-order valence-electron chi connectivity index (χ0n) is 11.8. The lowest BCUT2D eigenvalue weighted by Crippen LogP contribution is -2.30. The number of nitrogens with two attached hydrogens (primary N) is 1. The summed E-state index contributed by atoms with van der Waals surface area (Å²) < 4.78 is 0. The normalized spacial score (nSPS) is 12.9. The van der Waals surface area contributed by atoms with Crippen LogP contribution in [0.3, 0.4) is 0 Å². The third kappa shape index (κ3) is 3.74. The van der Waals surface area contributed by atoms with E-state index in [1.54, 1.807) is 0 Å². The first-order valence-corrected chi connectivity index (χ1v) is 6.57. The topological polar surface area (TPSA) is 29.3 Å². The van der Waals surface area contributed by atoms with Gasteiger partial charge in [0.2, 0.25) is 0 Å². The van der Waals surface area contributed by atoms with Gasteiger partial charge in [0.05, 0.1) is 0 Å². The first-order chi connectivity index (χ1) is 7.95. The van der Waals surface area contributed by atoms with E-state index in [9.17, 15) is 0 Å². The molecule has 1 rings (SSSR count). The van der Waals surface area contributed by atoms with Gasteiger partial charge in [0.15, 0.2) is 0 Å². The summed E-state index contributed by atoms with van der Waals surface area (Å²) in [4.78, 5) is 2.41. The van der Waals surface area contributed by atoms with Crippen LogP contribution in [0, 0.1) is 6.92 Å². The van der Waals surface area contributed by atoms with Gasteiger partial charge in [-0.2, -0.15) is 0 Å². The third-order valence-corrected chi connectivity index (χ3v) is 3.16. The molecule has 0 spiro atoms. The van der Waals surface area contributed by atoms with Crippen LogP contribution in [0.15, 0.2) is 18.2 Å². The van der Waals surface area contributed by atoms with Crippen LogP contribution in [-0.2, 0) is 6.42 Å². The van der Waals surface area contributed by atoms with Crippen molar-refractivity contribution in [3.8, 4) is 0 Å². The molecule has 0 fully saturated rings. The monoisotopic (exact) mass is 234 g/mol. The highest BCUT2D eigenvalue weighted by Crippen LogP contribution is 2.21. The molecule has 0 heterocycles. The Kier molecular flexibility index (Phi) is 5.01. The Morgan fingerprint density at radius 2 is 1.88 bits per heavy atom. The largest absolute Gasteiger partial charge is 0.369 e. The smallest absolute Gasteiger partial charge is 0.0371 e. The molecule has 2 nitrogen and oxygen atoms in total. The summed E-state index contributed by atoms with van der Waals surface area (Å²) in [6.07, 6.45) is 0.958. The van der Waals surface area contributed by atoms with Crippen molar-refractivity contribution in [1.29, 1.82) is 0 Å². The molecule has 2 heteroatoms. The minimum absolute atomic E-state index is 0.229. The number of rotatable bonds is 5. The zero-order chi connectivity index (χ0) is 13.0. The van der Waals surface area contributed by atoms with Gasteiger partial charge in [-0.25, -0.2) is 0 Å². The maximum atomic E-state index is 5.86. The fourth-order valence-electron chi connectivity index (χ4n) is 2.28. The second-order valence-corrected chi connectivity index (χ2v) is 5.17. The standard InChI is InChI=1S/C15H26N2/c1-6-17(11(2)3)15-8-7-14(10-13(5)16)12(4)9-15/h7-9,11,13H,6,10,16H2,1-5H3. The molecule has 0 aromatic heterocycles. The average Bonchev–Trinajstić information content (AvgIpc) is 2.22. The van der Waals surface area contributed by atoms with E-state index in [1.165, 1.54) is 16.8 Å². The highest BCUT2D eigenvalue weighted by molar-refractivity contribution is 5.51. The molecule has 1 atom stereocenters. The summed E-state index contributed by atoms with van der Waals surface area (Å²) in [5.41, 5.74) is 9.88. The first-order valence-electron chi connectivity index (χ1n) is 6.57. The molecular weight excluding hydrogens is 208 g/mol. The molecule has 0 aliphatic rings. The second-order valence-electron chi connectivity index (χ2n) is 5.17. The summed E-state index contributed by atoms with van der Waals surface area (Å²) in [5.74, 6) is 0. The highest BCUT2D eigenvalue weighted by atomic mass is 15.1. The van der Waals surface area contributed by atoms with E-state index in [-0.39, 0.29) is 6.04 Å². The van der Waals surface area contributed by atoms with Crippen LogP contribution in [0.4, 0.5) is 5.69 Å². The van der Waals surface area contributed by atoms with E-state index in [4.69, 9.17) is 5.73 Å². The van der Waals surface area contributed by atoms with Crippen molar-refractivity contribution in [2.45, 2.75) is 53.1 Å². The van der Waals surface area contributed by atoms with Gasteiger partial charge in [-0.15, -0.1) is 0 Å². The number of anilines is 1. The van der Waals surface area contributed by atoms with E-state index < -0.39 is 0 Å². The first kappa shape index (κ1) is 14.0. The van der Waals surface area contributed by atoms with E-state index in [1.807, 2.05) is 0 Å². The zero-order valence-corrected chi connectivity index (χ0v) is 11.8. The molecule has 2 N–H and O–H groups in total. The molecule has 96 valence electrons. The van der Waals surface area contributed by atoms with Crippen molar-refractivity contribution in [3.63, 3.8) is 0 Å². The molecule has 1 aromatic carbocycles. The highest BCUT2D eigenvalue weighted by Gasteiger charge is 2.10. The van der Waals surface area contributed by atoms with Gasteiger partial charge in [-0.3, -0.25) is 0 Å². The number of hydrogen-bond donors (Lipinski definition) is 1. The molecule has 0 saturated carbocycles. The quantitative estimate of drug-likeness (QED) is 0.848. The van der Waals surface area contributed by atoms with Crippen LogP contribution in [0.1, 0.15) is 38.8 Å². The third-order valence-electron chi connectivity index (χ3n) is 3.16. The van der Waals surface area contributed by atoms with Crippen LogP contribution in [-0.4, -0.2) is 18.6 Å². The number of nitrogens with zero attached hydrogens (tertiary/aromatic N) is 1. The summed E-state index contributed by atoms with van der Waals surface area (Å²) >= 11 is 0. The Labute approximate surface area is 106 Å². The van der Waals surface area contributed by atoms with Gasteiger partial charge in [0.1, 0.15) is 0 Å². The SMILES string of the molecule is CCN(c1ccc(CC(C)N)c(C)c1)C(C)C. The van der Waals surface area contributed by atoms with Crippen LogP contribution in [0.25, 0.3) is 0 Å². The molecule has 0 radical (unpaired) electrons. The second kappa shape index (κ2) is 6.06. The Bertz CT molecular complexity index is 356. The number of aryl methyl sites for hydroxylation is 1. The summed E-state index contributed by atoms with van der Waals surface area (Å²) in [6, 6.07) is 7.49. The Balaban J connectivity index is 2.95. The van der Waals surface area contributed by atoms with E-state index in [2.05, 4.69) is 57.7 Å². The lowest BCUT2D eigenvalue weighted by Gasteiger charge is -2.28. The van der Waals surface area contributed by atoms with Gasteiger partial charge in [-0.05, 0) is 64.3 Å². The summed E-state index contributed by atoms with van der Waals surface area (Å²) in [6.45, 7) is 11.9. The lowest BCUT2D eigenvalue weighted by atomic mass is 10.0. The van der Waals surface area contributed by atoms with Gasteiger partial charge < -0.3 is 10.6 Å².